The average Bonchev–Trinajstić information content (AvgIpc) is 2.83. The summed E-state index contributed by atoms with van der Waals surface area (Å²) in [5.74, 6) is -0.315. The molecule has 0 saturated heterocycles. The molecule has 1 aromatic carbocycles. The van der Waals surface area contributed by atoms with E-state index in [0.717, 1.165) is 10.7 Å². The van der Waals surface area contributed by atoms with Gasteiger partial charge in [-0.2, -0.15) is 0 Å². The Morgan fingerprint density at radius 2 is 2.29 bits per heavy atom. The lowest BCUT2D eigenvalue weighted by atomic mass is 10.1. The first-order valence-electron chi connectivity index (χ1n) is 6.20. The zero-order chi connectivity index (χ0) is 15.4. The molecule has 7 nitrogen and oxygen atoms in total. The summed E-state index contributed by atoms with van der Waals surface area (Å²) in [6, 6.07) is 3.92. The van der Waals surface area contributed by atoms with Gasteiger partial charge in [-0.1, -0.05) is 0 Å². The first-order valence-corrected chi connectivity index (χ1v) is 7.08. The largest absolute Gasteiger partial charge is 0.393 e. The van der Waals surface area contributed by atoms with Crippen LogP contribution in [0.25, 0.3) is 0 Å². The SMILES string of the molecule is Cc1csc(CCNC(=O)c2ccc([N+](=O)[O-])c(N)c2)n1. The number of amides is 1. The van der Waals surface area contributed by atoms with E-state index in [9.17, 15) is 14.9 Å². The maximum absolute atomic E-state index is 11.9. The highest BCUT2D eigenvalue weighted by molar-refractivity contribution is 7.09. The van der Waals surface area contributed by atoms with Crippen molar-refractivity contribution >= 4 is 28.6 Å². The van der Waals surface area contributed by atoms with Gasteiger partial charge in [-0.15, -0.1) is 11.3 Å². The van der Waals surface area contributed by atoms with Crippen LogP contribution in [-0.4, -0.2) is 22.4 Å². The Morgan fingerprint density at radius 1 is 1.52 bits per heavy atom. The van der Waals surface area contributed by atoms with Crippen LogP contribution in [0.3, 0.4) is 0 Å². The molecule has 0 unspecified atom stereocenters. The summed E-state index contributed by atoms with van der Waals surface area (Å²) in [6.07, 6.45) is 0.646. The van der Waals surface area contributed by atoms with Gasteiger partial charge in [0.2, 0.25) is 0 Å². The van der Waals surface area contributed by atoms with Crippen molar-refractivity contribution in [2.24, 2.45) is 0 Å². The molecule has 1 heterocycles. The second-order valence-electron chi connectivity index (χ2n) is 4.42. The van der Waals surface area contributed by atoms with Crippen molar-refractivity contribution in [2.75, 3.05) is 12.3 Å². The lowest BCUT2D eigenvalue weighted by Gasteiger charge is -2.05. The predicted octanol–water partition coefficient (Wildman–Crippen LogP) is 1.91. The maximum Gasteiger partial charge on any atom is 0.292 e. The number of hydrogen-bond acceptors (Lipinski definition) is 6. The molecule has 1 amide bonds. The van der Waals surface area contributed by atoms with Crippen LogP contribution in [-0.2, 0) is 6.42 Å². The van der Waals surface area contributed by atoms with Gasteiger partial charge in [0, 0.05) is 35.7 Å². The molecule has 0 fully saturated rings. The minimum absolute atomic E-state index is 0.0248. The van der Waals surface area contributed by atoms with Gasteiger partial charge in [0.05, 0.1) is 9.93 Å². The van der Waals surface area contributed by atoms with Crippen molar-refractivity contribution in [1.82, 2.24) is 10.3 Å². The number of nitro benzene ring substituents is 1. The second-order valence-corrected chi connectivity index (χ2v) is 5.36. The third kappa shape index (κ3) is 3.76. The third-order valence-corrected chi connectivity index (χ3v) is 3.80. The zero-order valence-electron chi connectivity index (χ0n) is 11.3. The van der Waals surface area contributed by atoms with E-state index in [1.54, 1.807) is 11.3 Å². The average molecular weight is 306 g/mol. The highest BCUT2D eigenvalue weighted by Crippen LogP contribution is 2.21. The molecule has 0 atom stereocenters. The van der Waals surface area contributed by atoms with Gasteiger partial charge >= 0.3 is 0 Å². The van der Waals surface area contributed by atoms with E-state index < -0.39 is 4.92 Å². The number of hydrogen-bond donors (Lipinski definition) is 2. The molecule has 0 aliphatic rings. The second kappa shape index (κ2) is 6.31. The highest BCUT2D eigenvalue weighted by atomic mass is 32.1. The van der Waals surface area contributed by atoms with E-state index in [2.05, 4.69) is 10.3 Å². The number of thiazole rings is 1. The number of carbonyl (C=O) groups excluding carboxylic acids is 1. The number of nitro groups is 1. The summed E-state index contributed by atoms with van der Waals surface area (Å²) in [7, 11) is 0. The van der Waals surface area contributed by atoms with Gasteiger partial charge in [0.25, 0.3) is 11.6 Å². The topological polar surface area (TPSA) is 111 Å². The number of rotatable bonds is 5. The standard InChI is InChI=1S/C13H14N4O3S/c1-8-7-21-12(16-8)4-5-15-13(18)9-2-3-11(17(19)20)10(14)6-9/h2-3,6-7H,4-5,14H2,1H3,(H,15,18). The van der Waals surface area contributed by atoms with Crippen molar-refractivity contribution in [3.63, 3.8) is 0 Å². The van der Waals surface area contributed by atoms with Gasteiger partial charge in [-0.3, -0.25) is 14.9 Å². The molecule has 0 radical (unpaired) electrons. The Morgan fingerprint density at radius 3 is 2.86 bits per heavy atom. The summed E-state index contributed by atoms with van der Waals surface area (Å²) >= 11 is 1.55. The van der Waals surface area contributed by atoms with E-state index in [4.69, 9.17) is 5.73 Å². The molecule has 0 bridgehead atoms. The van der Waals surface area contributed by atoms with Crippen molar-refractivity contribution in [2.45, 2.75) is 13.3 Å². The molecule has 0 aliphatic heterocycles. The molecule has 110 valence electrons. The van der Waals surface area contributed by atoms with Crippen LogP contribution in [0, 0.1) is 17.0 Å². The van der Waals surface area contributed by atoms with Crippen LogP contribution in [0.4, 0.5) is 11.4 Å². The fraction of sp³-hybridized carbons (Fsp3) is 0.231. The van der Waals surface area contributed by atoms with Crippen LogP contribution < -0.4 is 11.1 Å². The zero-order valence-corrected chi connectivity index (χ0v) is 12.1. The summed E-state index contributed by atoms with van der Waals surface area (Å²) in [6.45, 7) is 2.36. The van der Waals surface area contributed by atoms with Gasteiger partial charge in [0.15, 0.2) is 0 Å². The fourth-order valence-corrected chi connectivity index (χ4v) is 2.54. The Kier molecular flexibility index (Phi) is 4.49. The maximum atomic E-state index is 11.9. The van der Waals surface area contributed by atoms with Crippen molar-refractivity contribution < 1.29 is 9.72 Å². The molecule has 0 spiro atoms. The summed E-state index contributed by atoms with van der Waals surface area (Å²) < 4.78 is 0. The van der Waals surface area contributed by atoms with E-state index in [1.807, 2.05) is 12.3 Å². The number of nitrogens with one attached hydrogen (secondary N) is 1. The number of aromatic nitrogens is 1. The first-order chi connectivity index (χ1) is 9.97. The smallest absolute Gasteiger partial charge is 0.292 e. The Labute approximate surface area is 125 Å². The van der Waals surface area contributed by atoms with Gasteiger partial charge < -0.3 is 11.1 Å². The van der Waals surface area contributed by atoms with Gasteiger partial charge in [-0.05, 0) is 19.1 Å². The van der Waals surface area contributed by atoms with E-state index in [-0.39, 0.29) is 17.3 Å². The van der Waals surface area contributed by atoms with Crippen LogP contribution >= 0.6 is 11.3 Å². The molecule has 0 saturated carbocycles. The van der Waals surface area contributed by atoms with E-state index in [1.165, 1.54) is 18.2 Å². The molecular weight excluding hydrogens is 292 g/mol. The normalized spacial score (nSPS) is 10.3. The van der Waals surface area contributed by atoms with Crippen LogP contribution in [0.15, 0.2) is 23.6 Å². The molecule has 1 aromatic heterocycles. The highest BCUT2D eigenvalue weighted by Gasteiger charge is 2.14. The quantitative estimate of drug-likeness (QED) is 0.498. The molecule has 2 aromatic rings. The lowest BCUT2D eigenvalue weighted by molar-refractivity contribution is -0.383. The molecular formula is C13H14N4O3S. The monoisotopic (exact) mass is 306 g/mol. The summed E-state index contributed by atoms with van der Waals surface area (Å²) in [4.78, 5) is 26.3. The minimum atomic E-state index is -0.582. The number of benzene rings is 1. The van der Waals surface area contributed by atoms with Crippen molar-refractivity contribution in [1.29, 1.82) is 0 Å². The number of nitrogen functional groups attached to an aromatic ring is 1. The predicted molar refractivity (Wildman–Crippen MR) is 80.4 cm³/mol. The molecule has 0 aliphatic carbocycles. The van der Waals surface area contributed by atoms with Gasteiger partial charge in [0.1, 0.15) is 5.69 Å². The summed E-state index contributed by atoms with van der Waals surface area (Å²) in [5.41, 5.74) is 6.59. The molecule has 21 heavy (non-hydrogen) atoms. The molecule has 8 heteroatoms. The van der Waals surface area contributed by atoms with Gasteiger partial charge in [-0.25, -0.2) is 4.98 Å². The minimum Gasteiger partial charge on any atom is -0.393 e. The third-order valence-electron chi connectivity index (χ3n) is 2.78. The number of nitrogens with zero attached hydrogens (tertiary/aromatic N) is 2. The number of aryl methyl sites for hydroxylation is 1. The number of nitrogens with two attached hydrogens (primary N) is 1. The Bertz CT molecular complexity index is 684. The van der Waals surface area contributed by atoms with E-state index in [0.29, 0.717) is 18.5 Å². The Balaban J connectivity index is 1.94. The van der Waals surface area contributed by atoms with Crippen molar-refractivity contribution in [3.8, 4) is 0 Å². The van der Waals surface area contributed by atoms with Crippen LogP contribution in [0.1, 0.15) is 21.1 Å². The Hall–Kier alpha value is -2.48. The lowest BCUT2D eigenvalue weighted by Crippen LogP contribution is -2.25. The van der Waals surface area contributed by atoms with Crippen LogP contribution in [0.2, 0.25) is 0 Å². The molecule has 3 N–H and O–H groups in total. The fourth-order valence-electron chi connectivity index (χ4n) is 1.76. The number of carbonyl (C=O) groups is 1. The molecule has 2 rings (SSSR count). The van der Waals surface area contributed by atoms with Crippen molar-refractivity contribution in [3.05, 3.63) is 50.0 Å². The number of anilines is 1. The van der Waals surface area contributed by atoms with E-state index >= 15 is 0 Å². The van der Waals surface area contributed by atoms with Crippen LogP contribution in [0.5, 0.6) is 0 Å². The first kappa shape index (κ1) is 14.9. The summed E-state index contributed by atoms with van der Waals surface area (Å²) in [5, 5.41) is 16.3.